The smallest absolute Gasteiger partial charge is 0.293 e. The Hall–Kier alpha value is -1.79. The first-order valence-corrected chi connectivity index (χ1v) is 3.83. The van der Waals surface area contributed by atoms with E-state index in [0.29, 0.717) is 6.54 Å². The quantitative estimate of drug-likeness (QED) is 0.587. The lowest BCUT2D eigenvalue weighted by atomic mass is 10.1. The first-order chi connectivity index (χ1) is 6.24. The summed E-state index contributed by atoms with van der Waals surface area (Å²) in [7, 11) is 0. The highest BCUT2D eigenvalue weighted by Crippen LogP contribution is 2.05. The van der Waals surface area contributed by atoms with E-state index in [4.69, 9.17) is 11.5 Å². The zero-order chi connectivity index (χ0) is 9.68. The molecule has 0 spiro atoms. The molecule has 4 N–H and O–H groups in total. The van der Waals surface area contributed by atoms with Gasteiger partial charge in [0, 0.05) is 12.1 Å². The summed E-state index contributed by atoms with van der Waals surface area (Å²) in [6.07, 6.45) is 0. The van der Waals surface area contributed by atoms with Gasteiger partial charge in [-0.25, -0.2) is 0 Å². The molecular weight excluding hydrogens is 164 g/mol. The van der Waals surface area contributed by atoms with Crippen LogP contribution < -0.4 is 11.5 Å². The molecular formula is C10H10N2O. The largest absolute Gasteiger partial charge is 0.359 e. The fourth-order valence-corrected chi connectivity index (χ4v) is 0.949. The lowest BCUT2D eigenvalue weighted by molar-refractivity contribution is -0.112. The van der Waals surface area contributed by atoms with Crippen molar-refractivity contribution in [1.29, 1.82) is 0 Å². The third-order valence-electron chi connectivity index (χ3n) is 1.56. The van der Waals surface area contributed by atoms with Gasteiger partial charge in [0.25, 0.3) is 5.91 Å². The van der Waals surface area contributed by atoms with Crippen LogP contribution in [0, 0.1) is 11.8 Å². The van der Waals surface area contributed by atoms with Gasteiger partial charge in [0.2, 0.25) is 0 Å². The van der Waals surface area contributed by atoms with Gasteiger partial charge in [-0.15, -0.1) is 0 Å². The molecule has 66 valence electrons. The molecule has 0 aliphatic heterocycles. The number of hydrogen-bond acceptors (Lipinski definition) is 2. The minimum atomic E-state index is -0.633. The second-order valence-corrected chi connectivity index (χ2v) is 2.48. The van der Waals surface area contributed by atoms with Crippen LogP contribution in [0.2, 0.25) is 0 Å². The molecule has 0 fully saturated rings. The Balaban J connectivity index is 3.02. The third-order valence-corrected chi connectivity index (χ3v) is 1.56. The van der Waals surface area contributed by atoms with Gasteiger partial charge >= 0.3 is 0 Å². The molecule has 0 unspecified atom stereocenters. The van der Waals surface area contributed by atoms with Gasteiger partial charge in [-0.2, -0.15) is 0 Å². The Labute approximate surface area is 76.7 Å². The average Bonchev–Trinajstić information content (AvgIpc) is 2.15. The van der Waals surface area contributed by atoms with Gasteiger partial charge in [0.15, 0.2) is 0 Å². The van der Waals surface area contributed by atoms with Gasteiger partial charge in [-0.1, -0.05) is 24.1 Å². The molecule has 1 amide bonds. The maximum atomic E-state index is 10.4. The molecule has 1 aromatic rings. The molecule has 0 atom stereocenters. The fraction of sp³-hybridized carbons (Fsp3) is 0.100. The maximum absolute atomic E-state index is 10.4. The summed E-state index contributed by atoms with van der Waals surface area (Å²) in [6, 6.07) is 7.38. The van der Waals surface area contributed by atoms with E-state index < -0.39 is 5.91 Å². The number of nitrogens with two attached hydrogens (primary N) is 2. The van der Waals surface area contributed by atoms with Crippen molar-refractivity contribution in [3.63, 3.8) is 0 Å². The molecule has 0 aromatic heterocycles. The van der Waals surface area contributed by atoms with Crippen molar-refractivity contribution >= 4 is 5.91 Å². The van der Waals surface area contributed by atoms with Crippen LogP contribution in [0.15, 0.2) is 24.3 Å². The van der Waals surface area contributed by atoms with Gasteiger partial charge in [-0.3, -0.25) is 4.79 Å². The molecule has 0 saturated carbocycles. The van der Waals surface area contributed by atoms with E-state index >= 15 is 0 Å². The molecule has 1 rings (SSSR count). The molecule has 0 aliphatic carbocycles. The van der Waals surface area contributed by atoms with Gasteiger partial charge in [0.05, 0.1) is 0 Å². The van der Waals surface area contributed by atoms with Crippen LogP contribution in [0.25, 0.3) is 0 Å². The fourth-order valence-electron chi connectivity index (χ4n) is 0.949. The van der Waals surface area contributed by atoms with Crippen LogP contribution in [0.3, 0.4) is 0 Å². The first-order valence-electron chi connectivity index (χ1n) is 3.83. The van der Waals surface area contributed by atoms with Crippen molar-refractivity contribution in [2.45, 2.75) is 6.54 Å². The van der Waals surface area contributed by atoms with Crippen LogP contribution in [0.4, 0.5) is 0 Å². The predicted molar refractivity (Wildman–Crippen MR) is 50.4 cm³/mol. The zero-order valence-electron chi connectivity index (χ0n) is 7.08. The van der Waals surface area contributed by atoms with Crippen molar-refractivity contribution in [3.8, 4) is 11.8 Å². The highest BCUT2D eigenvalue weighted by atomic mass is 16.1. The Morgan fingerprint density at radius 1 is 1.38 bits per heavy atom. The van der Waals surface area contributed by atoms with E-state index in [9.17, 15) is 4.79 Å². The summed E-state index contributed by atoms with van der Waals surface area (Å²) in [5.74, 6) is 4.30. The third kappa shape index (κ3) is 2.62. The SMILES string of the molecule is NCc1ccccc1C#CC(N)=O. The molecule has 0 radical (unpaired) electrons. The number of rotatable bonds is 1. The van der Waals surface area contributed by atoms with Crippen LogP contribution in [-0.2, 0) is 11.3 Å². The molecule has 0 bridgehead atoms. The van der Waals surface area contributed by atoms with Crippen LogP contribution >= 0.6 is 0 Å². The number of carbonyl (C=O) groups excluding carboxylic acids is 1. The maximum Gasteiger partial charge on any atom is 0.293 e. The van der Waals surface area contributed by atoms with E-state index in [0.717, 1.165) is 11.1 Å². The summed E-state index contributed by atoms with van der Waals surface area (Å²) >= 11 is 0. The molecule has 3 nitrogen and oxygen atoms in total. The Bertz CT molecular complexity index is 374. The Kier molecular flexibility index (Phi) is 3.07. The standard InChI is InChI=1S/C10H10N2O/c11-7-9-4-2-1-3-8(9)5-6-10(12)13/h1-4H,7,11H2,(H2,12,13). The second-order valence-electron chi connectivity index (χ2n) is 2.48. The summed E-state index contributed by atoms with van der Waals surface area (Å²) in [5, 5.41) is 0. The number of benzene rings is 1. The minimum Gasteiger partial charge on any atom is -0.359 e. The summed E-state index contributed by atoms with van der Waals surface area (Å²) < 4.78 is 0. The summed E-state index contributed by atoms with van der Waals surface area (Å²) in [5.41, 5.74) is 12.0. The number of carbonyl (C=O) groups is 1. The zero-order valence-corrected chi connectivity index (χ0v) is 7.08. The molecule has 3 heteroatoms. The van der Waals surface area contributed by atoms with E-state index in [1.807, 2.05) is 18.2 Å². The number of primary amides is 1. The van der Waals surface area contributed by atoms with E-state index in [-0.39, 0.29) is 0 Å². The molecule has 1 aromatic carbocycles. The Morgan fingerprint density at radius 2 is 2.08 bits per heavy atom. The van der Waals surface area contributed by atoms with E-state index in [2.05, 4.69) is 11.8 Å². The van der Waals surface area contributed by atoms with Crippen molar-refractivity contribution in [3.05, 3.63) is 35.4 Å². The predicted octanol–water partition coefficient (Wildman–Crippen LogP) is -0.0179. The highest BCUT2D eigenvalue weighted by molar-refractivity contribution is 5.92. The van der Waals surface area contributed by atoms with Gasteiger partial charge in [-0.05, 0) is 17.6 Å². The van der Waals surface area contributed by atoms with Gasteiger partial charge < -0.3 is 11.5 Å². The molecule has 0 heterocycles. The lowest BCUT2D eigenvalue weighted by Gasteiger charge is -1.98. The van der Waals surface area contributed by atoms with E-state index in [1.54, 1.807) is 6.07 Å². The Morgan fingerprint density at radius 3 is 2.69 bits per heavy atom. The van der Waals surface area contributed by atoms with Crippen LogP contribution in [0.5, 0.6) is 0 Å². The molecule has 13 heavy (non-hydrogen) atoms. The van der Waals surface area contributed by atoms with Crippen molar-refractivity contribution in [1.82, 2.24) is 0 Å². The van der Waals surface area contributed by atoms with Gasteiger partial charge in [0.1, 0.15) is 0 Å². The average molecular weight is 174 g/mol. The normalized spacial score (nSPS) is 8.69. The molecule has 0 saturated heterocycles. The topological polar surface area (TPSA) is 69.1 Å². The monoisotopic (exact) mass is 174 g/mol. The van der Waals surface area contributed by atoms with E-state index in [1.165, 1.54) is 0 Å². The van der Waals surface area contributed by atoms with Crippen molar-refractivity contribution in [2.75, 3.05) is 0 Å². The first kappa shape index (κ1) is 9.30. The second kappa shape index (κ2) is 4.29. The van der Waals surface area contributed by atoms with Crippen molar-refractivity contribution < 1.29 is 4.79 Å². The van der Waals surface area contributed by atoms with Crippen molar-refractivity contribution in [2.24, 2.45) is 11.5 Å². The summed E-state index contributed by atoms with van der Waals surface area (Å²) in [6.45, 7) is 0.406. The number of hydrogen-bond donors (Lipinski definition) is 2. The number of amides is 1. The van der Waals surface area contributed by atoms with Crippen LogP contribution in [-0.4, -0.2) is 5.91 Å². The van der Waals surface area contributed by atoms with Crippen LogP contribution in [0.1, 0.15) is 11.1 Å². The lowest BCUT2D eigenvalue weighted by Crippen LogP contribution is -2.06. The molecule has 0 aliphatic rings. The minimum absolute atomic E-state index is 0.406. The highest BCUT2D eigenvalue weighted by Gasteiger charge is 1.94. The summed E-state index contributed by atoms with van der Waals surface area (Å²) in [4.78, 5) is 10.4.